The van der Waals surface area contributed by atoms with E-state index in [1.807, 2.05) is 42.5 Å². The molecule has 4 aromatic rings. The van der Waals surface area contributed by atoms with Gasteiger partial charge in [-0.15, -0.1) is 0 Å². The van der Waals surface area contributed by atoms with Crippen LogP contribution in [-0.4, -0.2) is 15.6 Å². The van der Waals surface area contributed by atoms with Crippen molar-refractivity contribution < 1.29 is 9.53 Å². The minimum Gasteiger partial charge on any atom is -0.486 e. The first-order valence-electron chi connectivity index (χ1n) is 8.77. The lowest BCUT2D eigenvalue weighted by atomic mass is 10.2. The van der Waals surface area contributed by atoms with Crippen LogP contribution in [0.25, 0.3) is 10.9 Å². The molecule has 3 aromatic carbocycles. The van der Waals surface area contributed by atoms with Gasteiger partial charge in [0.15, 0.2) is 5.82 Å². The molecule has 0 saturated heterocycles. The third kappa shape index (κ3) is 3.61. The van der Waals surface area contributed by atoms with Crippen LogP contribution in [0.1, 0.15) is 16.2 Å². The minimum absolute atomic E-state index is 0.0269. The lowest BCUT2D eigenvalue weighted by Gasteiger charge is -2.15. The monoisotopic (exact) mass is 371 g/mol. The number of ether oxygens (including phenoxy) is 1. The van der Waals surface area contributed by atoms with Crippen LogP contribution in [0.2, 0.25) is 0 Å². The maximum Gasteiger partial charge on any atom is 0.280 e. The molecule has 1 aromatic heterocycles. The molecule has 0 aliphatic carbocycles. The number of benzene rings is 3. The summed E-state index contributed by atoms with van der Waals surface area (Å²) in [6, 6.07) is 24.9. The fourth-order valence-electron chi connectivity index (χ4n) is 2.81. The van der Waals surface area contributed by atoms with Crippen molar-refractivity contribution in [3.8, 4) is 5.75 Å². The standard InChI is InChI=1S/C22H17N3O3/c26-21(16-9-3-1-4-10-16)24-25-20(15-28-17-11-5-2-6-12-17)23-19-14-8-7-13-18(19)22(25)27/h1-14H,15H2,(H,24,26). The van der Waals surface area contributed by atoms with Gasteiger partial charge in [-0.05, 0) is 36.4 Å². The van der Waals surface area contributed by atoms with Crippen molar-refractivity contribution in [1.29, 1.82) is 0 Å². The maximum atomic E-state index is 13.0. The SMILES string of the molecule is O=C(Nn1c(COc2ccccc2)nc2ccccc2c1=O)c1ccccc1. The number of fused-ring (bicyclic) bond motifs is 1. The fraction of sp³-hybridized carbons (Fsp3) is 0.0455. The molecule has 6 nitrogen and oxygen atoms in total. The van der Waals surface area contributed by atoms with Crippen LogP contribution in [0, 0.1) is 0 Å². The second-order valence-corrected chi connectivity index (χ2v) is 6.09. The average molecular weight is 371 g/mol. The van der Waals surface area contributed by atoms with Gasteiger partial charge in [-0.3, -0.25) is 15.0 Å². The van der Waals surface area contributed by atoms with Gasteiger partial charge in [0.1, 0.15) is 12.4 Å². The van der Waals surface area contributed by atoms with Crippen molar-refractivity contribution in [1.82, 2.24) is 9.66 Å². The molecule has 6 heteroatoms. The third-order valence-corrected chi connectivity index (χ3v) is 4.21. The summed E-state index contributed by atoms with van der Waals surface area (Å²) in [5.41, 5.74) is 3.27. The van der Waals surface area contributed by atoms with Crippen LogP contribution in [0.15, 0.2) is 89.7 Å². The molecule has 1 N–H and O–H groups in total. The van der Waals surface area contributed by atoms with E-state index in [2.05, 4.69) is 10.4 Å². The smallest absolute Gasteiger partial charge is 0.280 e. The van der Waals surface area contributed by atoms with Gasteiger partial charge in [0, 0.05) is 5.56 Å². The molecule has 0 saturated carbocycles. The summed E-state index contributed by atoms with van der Waals surface area (Å²) >= 11 is 0. The van der Waals surface area contributed by atoms with Gasteiger partial charge < -0.3 is 4.74 Å². The van der Waals surface area contributed by atoms with Gasteiger partial charge in [0.05, 0.1) is 10.9 Å². The van der Waals surface area contributed by atoms with E-state index in [9.17, 15) is 9.59 Å². The predicted molar refractivity (Wildman–Crippen MR) is 107 cm³/mol. The molecule has 1 heterocycles. The molecule has 0 radical (unpaired) electrons. The molecule has 0 atom stereocenters. The molecule has 0 aliphatic rings. The summed E-state index contributed by atoms with van der Waals surface area (Å²) in [6.45, 7) is 0.0269. The highest BCUT2D eigenvalue weighted by Crippen LogP contribution is 2.12. The first kappa shape index (κ1) is 17.5. The number of carbonyl (C=O) groups excluding carboxylic acids is 1. The Hall–Kier alpha value is -3.93. The summed E-state index contributed by atoms with van der Waals surface area (Å²) in [5, 5.41) is 0.416. The van der Waals surface area contributed by atoms with Crippen molar-refractivity contribution in [2.45, 2.75) is 6.61 Å². The van der Waals surface area contributed by atoms with Gasteiger partial charge in [-0.25, -0.2) is 4.98 Å². The third-order valence-electron chi connectivity index (χ3n) is 4.21. The molecule has 0 spiro atoms. The summed E-state index contributed by atoms with van der Waals surface area (Å²) in [6.07, 6.45) is 0. The van der Waals surface area contributed by atoms with Crippen molar-refractivity contribution >= 4 is 16.8 Å². The molecule has 4 rings (SSSR count). The second-order valence-electron chi connectivity index (χ2n) is 6.09. The quantitative estimate of drug-likeness (QED) is 0.584. The van der Waals surface area contributed by atoms with Crippen LogP contribution in [0.4, 0.5) is 0 Å². The number of nitrogens with one attached hydrogen (secondary N) is 1. The molecule has 138 valence electrons. The van der Waals surface area contributed by atoms with Crippen LogP contribution in [0.5, 0.6) is 5.75 Å². The van der Waals surface area contributed by atoms with E-state index in [1.54, 1.807) is 42.5 Å². The minimum atomic E-state index is -0.402. The van der Waals surface area contributed by atoms with E-state index in [0.717, 1.165) is 4.68 Å². The van der Waals surface area contributed by atoms with Crippen molar-refractivity contribution in [2.75, 3.05) is 5.43 Å². The molecular formula is C22H17N3O3. The molecule has 0 fully saturated rings. The summed E-state index contributed by atoms with van der Waals surface area (Å²) in [5.74, 6) is 0.545. The van der Waals surface area contributed by atoms with E-state index in [4.69, 9.17) is 4.74 Å². The van der Waals surface area contributed by atoms with E-state index in [1.165, 1.54) is 0 Å². The van der Waals surface area contributed by atoms with Gasteiger partial charge in [-0.1, -0.05) is 48.5 Å². The molecule has 1 amide bonds. The van der Waals surface area contributed by atoms with Gasteiger partial charge in [-0.2, -0.15) is 4.68 Å². The zero-order valence-electron chi connectivity index (χ0n) is 14.9. The highest BCUT2D eigenvalue weighted by molar-refractivity contribution is 6.00. The van der Waals surface area contributed by atoms with Crippen LogP contribution in [0.3, 0.4) is 0 Å². The largest absolute Gasteiger partial charge is 0.486 e. The van der Waals surface area contributed by atoms with Gasteiger partial charge in [0.25, 0.3) is 11.5 Å². The summed E-state index contributed by atoms with van der Waals surface area (Å²) in [4.78, 5) is 30.1. The maximum absolute atomic E-state index is 13.0. The van der Waals surface area contributed by atoms with Crippen molar-refractivity contribution in [3.05, 3.63) is 107 Å². The first-order valence-corrected chi connectivity index (χ1v) is 8.77. The Morgan fingerprint density at radius 1 is 0.893 bits per heavy atom. The normalized spacial score (nSPS) is 10.6. The molecular weight excluding hydrogens is 354 g/mol. The highest BCUT2D eigenvalue weighted by atomic mass is 16.5. The Balaban J connectivity index is 1.72. The van der Waals surface area contributed by atoms with E-state index in [0.29, 0.717) is 28.0 Å². The number of aromatic nitrogens is 2. The zero-order chi connectivity index (χ0) is 19.3. The molecule has 0 bridgehead atoms. The van der Waals surface area contributed by atoms with Crippen molar-refractivity contribution in [3.63, 3.8) is 0 Å². The number of carbonyl (C=O) groups is 1. The number of hydrogen-bond donors (Lipinski definition) is 1. The Morgan fingerprint density at radius 2 is 1.54 bits per heavy atom. The Labute approximate surface area is 161 Å². The van der Waals surface area contributed by atoms with Crippen LogP contribution < -0.4 is 15.7 Å². The average Bonchev–Trinajstić information content (AvgIpc) is 2.76. The molecule has 0 unspecified atom stereocenters. The number of para-hydroxylation sites is 2. The van der Waals surface area contributed by atoms with E-state index >= 15 is 0 Å². The number of nitrogens with zero attached hydrogens (tertiary/aromatic N) is 2. The predicted octanol–water partition coefficient (Wildman–Crippen LogP) is 3.36. The lowest BCUT2D eigenvalue weighted by Crippen LogP contribution is -2.36. The van der Waals surface area contributed by atoms with E-state index in [-0.39, 0.29) is 12.2 Å². The highest BCUT2D eigenvalue weighted by Gasteiger charge is 2.15. The van der Waals surface area contributed by atoms with E-state index < -0.39 is 5.91 Å². The number of amides is 1. The van der Waals surface area contributed by atoms with Crippen LogP contribution in [-0.2, 0) is 6.61 Å². The fourth-order valence-corrected chi connectivity index (χ4v) is 2.81. The first-order chi connectivity index (χ1) is 13.7. The Bertz CT molecular complexity index is 1170. The van der Waals surface area contributed by atoms with Crippen LogP contribution >= 0.6 is 0 Å². The summed E-state index contributed by atoms with van der Waals surface area (Å²) < 4.78 is 6.90. The summed E-state index contributed by atoms with van der Waals surface area (Å²) in [7, 11) is 0. The Kier molecular flexibility index (Phi) is 4.84. The molecule has 28 heavy (non-hydrogen) atoms. The lowest BCUT2D eigenvalue weighted by molar-refractivity contribution is 0.100. The topological polar surface area (TPSA) is 73.2 Å². The number of rotatable bonds is 5. The second kappa shape index (κ2) is 7.75. The number of hydrogen-bond acceptors (Lipinski definition) is 4. The van der Waals surface area contributed by atoms with Gasteiger partial charge >= 0.3 is 0 Å². The van der Waals surface area contributed by atoms with Crippen molar-refractivity contribution in [2.24, 2.45) is 0 Å². The Morgan fingerprint density at radius 3 is 2.29 bits per heavy atom. The zero-order valence-corrected chi connectivity index (χ0v) is 14.9. The van der Waals surface area contributed by atoms with Gasteiger partial charge in [0.2, 0.25) is 0 Å². The molecule has 0 aliphatic heterocycles.